The highest BCUT2D eigenvalue weighted by atomic mass is 14.6. The van der Waals surface area contributed by atoms with Crippen molar-refractivity contribution in [2.75, 3.05) is 6.54 Å². The molecule has 0 amide bonds. The molecule has 0 unspecified atom stereocenters. The fourth-order valence-corrected chi connectivity index (χ4v) is 1.57. The smallest absolute Gasteiger partial charge is 0.00459 e. The maximum atomic E-state index is 5.52. The van der Waals surface area contributed by atoms with E-state index in [9.17, 15) is 0 Å². The minimum absolute atomic E-state index is 0.504. The van der Waals surface area contributed by atoms with Crippen LogP contribution in [-0.4, -0.2) is 6.54 Å². The Bertz CT molecular complexity index is 102. The summed E-state index contributed by atoms with van der Waals surface area (Å²) in [5, 5.41) is 0. The van der Waals surface area contributed by atoms with E-state index in [0.29, 0.717) is 5.41 Å². The van der Waals surface area contributed by atoms with E-state index in [1.165, 1.54) is 6.42 Å². The molecule has 1 heteroatoms. The third kappa shape index (κ3) is 1.45. The minimum Gasteiger partial charge on any atom is -0.330 e. The van der Waals surface area contributed by atoms with Gasteiger partial charge in [-0.2, -0.15) is 0 Å². The second-order valence-electron chi connectivity index (χ2n) is 4.20. The van der Waals surface area contributed by atoms with Crippen LogP contribution in [0.4, 0.5) is 0 Å². The van der Waals surface area contributed by atoms with Crippen molar-refractivity contribution in [3.63, 3.8) is 0 Å². The fourth-order valence-electron chi connectivity index (χ4n) is 1.57. The first-order valence-corrected chi connectivity index (χ1v) is 3.76. The maximum absolute atomic E-state index is 5.52. The van der Waals surface area contributed by atoms with Crippen LogP contribution in [0.15, 0.2) is 0 Å². The molecule has 0 saturated heterocycles. The zero-order chi connectivity index (χ0) is 7.07. The van der Waals surface area contributed by atoms with Crippen molar-refractivity contribution in [2.24, 2.45) is 23.0 Å². The molecular weight excluding hydrogens is 110 g/mol. The first kappa shape index (κ1) is 7.07. The van der Waals surface area contributed by atoms with Gasteiger partial charge in [0.15, 0.2) is 0 Å². The molecule has 0 aromatic heterocycles. The van der Waals surface area contributed by atoms with Crippen molar-refractivity contribution in [3.05, 3.63) is 0 Å². The molecule has 1 saturated carbocycles. The van der Waals surface area contributed by atoms with Gasteiger partial charge < -0.3 is 5.73 Å². The molecule has 1 nitrogen and oxygen atoms in total. The maximum Gasteiger partial charge on any atom is -0.00459 e. The van der Waals surface area contributed by atoms with Crippen LogP contribution in [0.1, 0.15) is 27.2 Å². The third-order valence-corrected chi connectivity index (χ3v) is 2.34. The van der Waals surface area contributed by atoms with Gasteiger partial charge in [-0.05, 0) is 30.2 Å². The van der Waals surface area contributed by atoms with Gasteiger partial charge in [0.25, 0.3) is 0 Å². The molecule has 1 fully saturated rings. The Morgan fingerprint density at radius 3 is 2.11 bits per heavy atom. The van der Waals surface area contributed by atoms with Crippen LogP contribution in [0.2, 0.25) is 0 Å². The molecule has 0 aliphatic heterocycles. The Balaban J connectivity index is 2.33. The molecular formula is C8H17N. The molecule has 2 N–H and O–H groups in total. The summed E-state index contributed by atoms with van der Waals surface area (Å²) in [6.45, 7) is 7.79. The quantitative estimate of drug-likeness (QED) is 0.569. The van der Waals surface area contributed by atoms with Crippen molar-refractivity contribution in [1.82, 2.24) is 0 Å². The standard InChI is InChI=1S/C8H17N/c1-8(2,3)7-4-6(7)5-9/h6-7H,4-5,9H2,1-3H3/t6-,7+/m0/s1. The fraction of sp³-hybridized carbons (Fsp3) is 1.00. The van der Waals surface area contributed by atoms with Crippen LogP contribution in [0.3, 0.4) is 0 Å². The van der Waals surface area contributed by atoms with E-state index in [-0.39, 0.29) is 0 Å². The van der Waals surface area contributed by atoms with Gasteiger partial charge in [-0.25, -0.2) is 0 Å². The molecule has 0 heterocycles. The van der Waals surface area contributed by atoms with Crippen LogP contribution < -0.4 is 5.73 Å². The molecule has 9 heavy (non-hydrogen) atoms. The summed E-state index contributed by atoms with van der Waals surface area (Å²) in [5.41, 5.74) is 6.02. The lowest BCUT2D eigenvalue weighted by Crippen LogP contribution is -2.13. The van der Waals surface area contributed by atoms with Crippen LogP contribution >= 0.6 is 0 Å². The summed E-state index contributed by atoms with van der Waals surface area (Å²) in [6.07, 6.45) is 1.36. The van der Waals surface area contributed by atoms with Crippen molar-refractivity contribution in [3.8, 4) is 0 Å². The predicted molar refractivity (Wildman–Crippen MR) is 40.1 cm³/mol. The van der Waals surface area contributed by atoms with Crippen LogP contribution in [0.25, 0.3) is 0 Å². The summed E-state index contributed by atoms with van der Waals surface area (Å²) in [4.78, 5) is 0. The first-order valence-electron chi connectivity index (χ1n) is 3.76. The second kappa shape index (κ2) is 1.98. The lowest BCUT2D eigenvalue weighted by atomic mass is 9.89. The van der Waals surface area contributed by atoms with E-state index in [0.717, 1.165) is 18.4 Å². The lowest BCUT2D eigenvalue weighted by molar-refractivity contribution is 0.331. The van der Waals surface area contributed by atoms with Gasteiger partial charge in [0.2, 0.25) is 0 Å². The lowest BCUT2D eigenvalue weighted by Gasteiger charge is -2.17. The third-order valence-electron chi connectivity index (χ3n) is 2.34. The monoisotopic (exact) mass is 127 g/mol. The minimum atomic E-state index is 0.504. The summed E-state index contributed by atoms with van der Waals surface area (Å²) < 4.78 is 0. The molecule has 1 aliphatic rings. The van der Waals surface area contributed by atoms with Crippen molar-refractivity contribution in [1.29, 1.82) is 0 Å². The summed E-state index contributed by atoms with van der Waals surface area (Å²) in [5.74, 6) is 1.74. The van der Waals surface area contributed by atoms with Gasteiger partial charge >= 0.3 is 0 Å². The topological polar surface area (TPSA) is 26.0 Å². The molecule has 0 aromatic rings. The van der Waals surface area contributed by atoms with E-state index in [2.05, 4.69) is 20.8 Å². The number of rotatable bonds is 1. The Morgan fingerprint density at radius 1 is 1.44 bits per heavy atom. The molecule has 0 spiro atoms. The SMILES string of the molecule is CC(C)(C)[C@@H]1C[C@H]1CN. The summed E-state index contributed by atoms with van der Waals surface area (Å²) in [7, 11) is 0. The highest BCUT2D eigenvalue weighted by Crippen LogP contribution is 2.49. The van der Waals surface area contributed by atoms with Gasteiger partial charge in [-0.1, -0.05) is 20.8 Å². The van der Waals surface area contributed by atoms with Crippen molar-refractivity contribution in [2.45, 2.75) is 27.2 Å². The number of hydrogen-bond acceptors (Lipinski definition) is 1. The van der Waals surface area contributed by atoms with E-state index in [1.54, 1.807) is 0 Å². The summed E-state index contributed by atoms with van der Waals surface area (Å²) in [6, 6.07) is 0. The molecule has 0 radical (unpaired) electrons. The van der Waals surface area contributed by atoms with E-state index in [4.69, 9.17) is 5.73 Å². The molecule has 2 atom stereocenters. The van der Waals surface area contributed by atoms with Crippen LogP contribution in [-0.2, 0) is 0 Å². The number of hydrogen-bond donors (Lipinski definition) is 1. The Morgan fingerprint density at radius 2 is 2.00 bits per heavy atom. The molecule has 0 aromatic carbocycles. The van der Waals surface area contributed by atoms with Crippen LogP contribution in [0.5, 0.6) is 0 Å². The van der Waals surface area contributed by atoms with Crippen LogP contribution in [0, 0.1) is 17.3 Å². The van der Waals surface area contributed by atoms with Gasteiger partial charge in [-0.15, -0.1) is 0 Å². The van der Waals surface area contributed by atoms with Crippen molar-refractivity contribution >= 4 is 0 Å². The van der Waals surface area contributed by atoms with Gasteiger partial charge in [-0.3, -0.25) is 0 Å². The predicted octanol–water partition coefficient (Wildman–Crippen LogP) is 1.63. The zero-order valence-corrected chi connectivity index (χ0v) is 6.65. The largest absolute Gasteiger partial charge is 0.330 e. The molecule has 54 valence electrons. The molecule has 1 aliphatic carbocycles. The van der Waals surface area contributed by atoms with Crippen molar-refractivity contribution < 1.29 is 0 Å². The van der Waals surface area contributed by atoms with Gasteiger partial charge in [0, 0.05) is 0 Å². The van der Waals surface area contributed by atoms with E-state index in [1.807, 2.05) is 0 Å². The Hall–Kier alpha value is -0.0400. The highest BCUT2D eigenvalue weighted by Gasteiger charge is 2.43. The number of nitrogens with two attached hydrogens (primary N) is 1. The Labute approximate surface area is 57.6 Å². The molecule has 0 bridgehead atoms. The van der Waals surface area contributed by atoms with E-state index >= 15 is 0 Å². The molecule has 1 rings (SSSR count). The summed E-state index contributed by atoms with van der Waals surface area (Å²) >= 11 is 0. The van der Waals surface area contributed by atoms with E-state index < -0.39 is 0 Å². The normalized spacial score (nSPS) is 34.7. The van der Waals surface area contributed by atoms with Gasteiger partial charge in [0.1, 0.15) is 0 Å². The average molecular weight is 127 g/mol. The first-order chi connectivity index (χ1) is 4.05. The zero-order valence-electron chi connectivity index (χ0n) is 6.65. The van der Waals surface area contributed by atoms with Gasteiger partial charge in [0.05, 0.1) is 0 Å². The average Bonchev–Trinajstić information content (AvgIpc) is 2.39. The highest BCUT2D eigenvalue weighted by molar-refractivity contribution is 4.94. The Kier molecular flexibility index (Phi) is 1.55. The second-order valence-corrected chi connectivity index (χ2v) is 4.20.